The first-order valence-electron chi connectivity index (χ1n) is 6.07. The van der Waals surface area contributed by atoms with Crippen LogP contribution in [0.5, 0.6) is 0 Å². The van der Waals surface area contributed by atoms with Gasteiger partial charge >= 0.3 is 6.03 Å². The van der Waals surface area contributed by atoms with Crippen molar-refractivity contribution in [1.29, 1.82) is 0 Å². The van der Waals surface area contributed by atoms with Crippen LogP contribution in [0.15, 0.2) is 64.2 Å². The van der Waals surface area contributed by atoms with Crippen molar-refractivity contribution in [2.24, 2.45) is 5.10 Å². The molecule has 102 valence electrons. The standard InChI is InChI=1S/C15H14BrN3O/c1-11(12-7-9-13(16)10-8-12)18-19-15(20)17-14-5-3-2-4-6-14/h2-10H,1H3,(H2,17,19,20)/b18-11+. The SMILES string of the molecule is C/C(=N\NC(=O)Nc1ccccc1)c1ccc(Br)cc1. The number of hydrogen-bond donors (Lipinski definition) is 2. The second kappa shape index (κ2) is 6.86. The van der Waals surface area contributed by atoms with E-state index in [1.807, 2.05) is 61.5 Å². The van der Waals surface area contributed by atoms with E-state index in [1.54, 1.807) is 0 Å². The number of urea groups is 1. The molecule has 0 spiro atoms. The van der Waals surface area contributed by atoms with Gasteiger partial charge in [0.05, 0.1) is 5.71 Å². The molecule has 0 fully saturated rings. The van der Waals surface area contributed by atoms with Crippen LogP contribution >= 0.6 is 15.9 Å². The fourth-order valence-electron chi connectivity index (χ4n) is 1.57. The van der Waals surface area contributed by atoms with Gasteiger partial charge in [0.25, 0.3) is 0 Å². The number of nitrogens with one attached hydrogen (secondary N) is 2. The molecule has 0 heterocycles. The van der Waals surface area contributed by atoms with Crippen molar-refractivity contribution in [3.8, 4) is 0 Å². The van der Waals surface area contributed by atoms with Crippen molar-refractivity contribution in [3.63, 3.8) is 0 Å². The van der Waals surface area contributed by atoms with Gasteiger partial charge in [0, 0.05) is 10.2 Å². The van der Waals surface area contributed by atoms with E-state index in [0.29, 0.717) is 0 Å². The molecule has 0 aliphatic rings. The van der Waals surface area contributed by atoms with E-state index in [-0.39, 0.29) is 6.03 Å². The van der Waals surface area contributed by atoms with Crippen molar-refractivity contribution in [3.05, 3.63) is 64.6 Å². The lowest BCUT2D eigenvalue weighted by molar-refractivity contribution is 0.252. The summed E-state index contributed by atoms with van der Waals surface area (Å²) in [5.41, 5.74) is 4.88. The Bertz CT molecular complexity index is 609. The highest BCUT2D eigenvalue weighted by atomic mass is 79.9. The van der Waals surface area contributed by atoms with Gasteiger partial charge in [0.2, 0.25) is 0 Å². The first kappa shape index (κ1) is 14.3. The Morgan fingerprint density at radius 2 is 1.70 bits per heavy atom. The van der Waals surface area contributed by atoms with Crippen LogP contribution in [0.2, 0.25) is 0 Å². The van der Waals surface area contributed by atoms with Crippen LogP contribution in [-0.2, 0) is 0 Å². The molecule has 0 saturated carbocycles. The molecule has 2 N–H and O–H groups in total. The smallest absolute Gasteiger partial charge is 0.307 e. The minimum atomic E-state index is -0.368. The number of anilines is 1. The summed E-state index contributed by atoms with van der Waals surface area (Å²) in [5.74, 6) is 0. The fraction of sp³-hybridized carbons (Fsp3) is 0.0667. The lowest BCUT2D eigenvalue weighted by Gasteiger charge is -2.05. The highest BCUT2D eigenvalue weighted by molar-refractivity contribution is 9.10. The summed E-state index contributed by atoms with van der Waals surface area (Å²) in [4.78, 5) is 11.7. The molecule has 2 aromatic rings. The molecule has 0 aromatic heterocycles. The van der Waals surface area contributed by atoms with Crippen LogP contribution in [0.4, 0.5) is 10.5 Å². The maximum Gasteiger partial charge on any atom is 0.339 e. The van der Waals surface area contributed by atoms with Gasteiger partial charge < -0.3 is 5.32 Å². The second-order valence-electron chi connectivity index (χ2n) is 4.14. The van der Waals surface area contributed by atoms with E-state index in [2.05, 4.69) is 31.8 Å². The Labute approximate surface area is 126 Å². The minimum absolute atomic E-state index is 0.368. The number of hydrogen-bond acceptors (Lipinski definition) is 2. The first-order valence-corrected chi connectivity index (χ1v) is 6.87. The van der Waals surface area contributed by atoms with Crippen molar-refractivity contribution >= 4 is 33.4 Å². The number of carbonyl (C=O) groups excluding carboxylic acids is 1. The van der Waals surface area contributed by atoms with Crippen molar-refractivity contribution in [2.45, 2.75) is 6.92 Å². The summed E-state index contributed by atoms with van der Waals surface area (Å²) in [7, 11) is 0. The number of para-hydroxylation sites is 1. The summed E-state index contributed by atoms with van der Waals surface area (Å²) < 4.78 is 1.00. The van der Waals surface area contributed by atoms with Crippen LogP contribution in [-0.4, -0.2) is 11.7 Å². The maximum absolute atomic E-state index is 11.7. The highest BCUT2D eigenvalue weighted by Gasteiger charge is 2.01. The summed E-state index contributed by atoms with van der Waals surface area (Å²) in [6.07, 6.45) is 0. The van der Waals surface area contributed by atoms with Gasteiger partial charge in [-0.05, 0) is 36.8 Å². The zero-order valence-corrected chi connectivity index (χ0v) is 12.5. The van der Waals surface area contributed by atoms with Gasteiger partial charge in [0.15, 0.2) is 0 Å². The van der Waals surface area contributed by atoms with Crippen molar-refractivity contribution in [1.82, 2.24) is 5.43 Å². The lowest BCUT2D eigenvalue weighted by Crippen LogP contribution is -2.25. The molecule has 2 amide bonds. The number of halogens is 1. The molecule has 5 heteroatoms. The maximum atomic E-state index is 11.7. The van der Waals surface area contributed by atoms with Crippen molar-refractivity contribution in [2.75, 3.05) is 5.32 Å². The number of hydrazone groups is 1. The summed E-state index contributed by atoms with van der Waals surface area (Å²) in [6, 6.07) is 16.6. The molecule has 20 heavy (non-hydrogen) atoms. The zero-order valence-electron chi connectivity index (χ0n) is 10.9. The van der Waals surface area contributed by atoms with Gasteiger partial charge in [0.1, 0.15) is 0 Å². The number of amides is 2. The molecule has 0 aliphatic heterocycles. The lowest BCUT2D eigenvalue weighted by atomic mass is 10.1. The van der Waals surface area contributed by atoms with Crippen LogP contribution in [0, 0.1) is 0 Å². The number of nitrogens with zero attached hydrogens (tertiary/aromatic N) is 1. The third-order valence-corrected chi connectivity index (χ3v) is 3.15. The van der Waals surface area contributed by atoms with Crippen LogP contribution in [0.25, 0.3) is 0 Å². The molecular weight excluding hydrogens is 318 g/mol. The van der Waals surface area contributed by atoms with Crippen molar-refractivity contribution < 1.29 is 4.79 Å². The topological polar surface area (TPSA) is 53.5 Å². The minimum Gasteiger partial charge on any atom is -0.307 e. The molecule has 0 unspecified atom stereocenters. The third-order valence-electron chi connectivity index (χ3n) is 2.62. The van der Waals surface area contributed by atoms with Gasteiger partial charge in [-0.2, -0.15) is 5.10 Å². The molecule has 0 aliphatic carbocycles. The monoisotopic (exact) mass is 331 g/mol. The van der Waals surface area contributed by atoms with Gasteiger partial charge in [-0.3, -0.25) is 0 Å². The molecule has 2 aromatic carbocycles. The molecular formula is C15H14BrN3O. The largest absolute Gasteiger partial charge is 0.339 e. The predicted octanol–water partition coefficient (Wildman–Crippen LogP) is 3.99. The van der Waals surface area contributed by atoms with Gasteiger partial charge in [-0.25, -0.2) is 10.2 Å². The molecule has 0 radical (unpaired) electrons. The average molecular weight is 332 g/mol. The quantitative estimate of drug-likeness (QED) is 0.648. The Morgan fingerprint density at radius 3 is 2.35 bits per heavy atom. The first-order chi connectivity index (χ1) is 9.65. The molecule has 2 rings (SSSR count). The predicted molar refractivity (Wildman–Crippen MR) is 84.9 cm³/mol. The normalized spacial score (nSPS) is 11.0. The zero-order chi connectivity index (χ0) is 14.4. The van der Waals surface area contributed by atoms with Crippen LogP contribution < -0.4 is 10.7 Å². The Balaban J connectivity index is 1.95. The van der Waals surface area contributed by atoms with E-state index in [4.69, 9.17) is 0 Å². The molecule has 0 saturated heterocycles. The van der Waals surface area contributed by atoms with Gasteiger partial charge in [-0.1, -0.05) is 46.3 Å². The van der Waals surface area contributed by atoms with E-state index < -0.39 is 0 Å². The van der Waals surface area contributed by atoms with E-state index in [0.717, 1.165) is 21.4 Å². The molecule has 0 bridgehead atoms. The summed E-state index contributed by atoms with van der Waals surface area (Å²) >= 11 is 3.37. The highest BCUT2D eigenvalue weighted by Crippen LogP contribution is 2.11. The van der Waals surface area contributed by atoms with E-state index >= 15 is 0 Å². The Morgan fingerprint density at radius 1 is 1.05 bits per heavy atom. The Hall–Kier alpha value is -2.14. The fourth-order valence-corrected chi connectivity index (χ4v) is 1.84. The molecule has 4 nitrogen and oxygen atoms in total. The van der Waals surface area contributed by atoms with Crippen LogP contribution in [0.3, 0.4) is 0 Å². The molecule has 0 atom stereocenters. The van der Waals surface area contributed by atoms with Gasteiger partial charge in [-0.15, -0.1) is 0 Å². The summed E-state index contributed by atoms with van der Waals surface area (Å²) in [5, 5.41) is 6.75. The number of benzene rings is 2. The van der Waals surface area contributed by atoms with Crippen LogP contribution in [0.1, 0.15) is 12.5 Å². The second-order valence-corrected chi connectivity index (χ2v) is 5.05. The third kappa shape index (κ3) is 4.20. The average Bonchev–Trinajstić information content (AvgIpc) is 2.46. The number of carbonyl (C=O) groups is 1. The summed E-state index contributed by atoms with van der Waals surface area (Å²) in [6.45, 7) is 1.84. The van der Waals surface area contributed by atoms with E-state index in [9.17, 15) is 4.79 Å². The Kier molecular flexibility index (Phi) is 4.90. The number of rotatable bonds is 3. The van der Waals surface area contributed by atoms with E-state index in [1.165, 1.54) is 0 Å².